The van der Waals surface area contributed by atoms with E-state index in [0.717, 1.165) is 6.42 Å². The van der Waals surface area contributed by atoms with Crippen molar-refractivity contribution in [2.75, 3.05) is 0 Å². The van der Waals surface area contributed by atoms with Crippen LogP contribution >= 0.6 is 0 Å². The summed E-state index contributed by atoms with van der Waals surface area (Å²) in [6, 6.07) is 11.2. The van der Waals surface area contributed by atoms with Crippen molar-refractivity contribution >= 4 is 0 Å². The fourth-order valence-electron chi connectivity index (χ4n) is 3.07. The van der Waals surface area contributed by atoms with E-state index in [-0.39, 0.29) is 0 Å². The molecule has 2 N–H and O–H groups in total. The summed E-state index contributed by atoms with van der Waals surface area (Å²) in [4.78, 5) is 0. The zero-order chi connectivity index (χ0) is 10.7. The summed E-state index contributed by atoms with van der Waals surface area (Å²) in [6.45, 7) is 2.13. The van der Waals surface area contributed by atoms with Gasteiger partial charge in [0.05, 0.1) is 0 Å². The van der Waals surface area contributed by atoms with Gasteiger partial charge in [-0.15, -0.1) is 0 Å². The molecule has 1 aliphatic rings. The maximum absolute atomic E-state index is 5.99. The molecule has 0 radical (unpaired) electrons. The minimum Gasteiger partial charge on any atom is -0.328 e. The average molecular weight is 203 g/mol. The highest BCUT2D eigenvalue weighted by Gasteiger charge is 2.35. The van der Waals surface area contributed by atoms with Gasteiger partial charge < -0.3 is 5.73 Å². The zero-order valence-corrected chi connectivity index (χ0v) is 9.58. The Balaban J connectivity index is 2.26. The summed E-state index contributed by atoms with van der Waals surface area (Å²) < 4.78 is 0. The van der Waals surface area contributed by atoms with Crippen LogP contribution in [0.25, 0.3) is 0 Å². The molecule has 0 bridgehead atoms. The van der Waals surface area contributed by atoms with Gasteiger partial charge in [0.2, 0.25) is 0 Å². The maximum Gasteiger partial charge on any atom is 0.00189 e. The van der Waals surface area contributed by atoms with Gasteiger partial charge in [-0.3, -0.25) is 0 Å². The lowest BCUT2D eigenvalue weighted by molar-refractivity contribution is 0.375. The Bertz CT molecular complexity index is 296. The second-order valence-electron chi connectivity index (χ2n) is 5.03. The number of benzene rings is 1. The molecule has 0 aromatic heterocycles. The Morgan fingerprint density at radius 3 is 2.33 bits per heavy atom. The third-order valence-corrected chi connectivity index (χ3v) is 3.66. The molecule has 0 spiro atoms. The van der Waals surface area contributed by atoms with E-state index in [1.165, 1.54) is 31.2 Å². The van der Waals surface area contributed by atoms with Gasteiger partial charge in [0, 0.05) is 6.04 Å². The first-order valence-electron chi connectivity index (χ1n) is 6.04. The van der Waals surface area contributed by atoms with E-state index in [1.807, 2.05) is 0 Å². The fraction of sp³-hybridized carbons (Fsp3) is 0.571. The van der Waals surface area contributed by atoms with Crippen LogP contribution < -0.4 is 5.73 Å². The summed E-state index contributed by atoms with van der Waals surface area (Å²) in [5, 5.41) is 0. The Morgan fingerprint density at radius 2 is 1.80 bits per heavy atom. The van der Waals surface area contributed by atoms with Gasteiger partial charge in [-0.2, -0.15) is 0 Å². The van der Waals surface area contributed by atoms with Gasteiger partial charge in [-0.1, -0.05) is 43.2 Å². The zero-order valence-electron chi connectivity index (χ0n) is 9.58. The van der Waals surface area contributed by atoms with Gasteiger partial charge in [0.1, 0.15) is 0 Å². The van der Waals surface area contributed by atoms with Crippen LogP contribution in [0.15, 0.2) is 30.3 Å². The summed E-state index contributed by atoms with van der Waals surface area (Å²) in [7, 11) is 0. The molecule has 1 aromatic rings. The lowest BCUT2D eigenvalue weighted by Crippen LogP contribution is -2.31. The molecule has 1 heteroatoms. The predicted molar refractivity (Wildman–Crippen MR) is 64.9 cm³/mol. The van der Waals surface area contributed by atoms with Crippen LogP contribution in [0.5, 0.6) is 0 Å². The van der Waals surface area contributed by atoms with Crippen molar-refractivity contribution in [3.63, 3.8) is 0 Å². The summed E-state index contributed by atoms with van der Waals surface area (Å²) >= 11 is 0. The molecule has 1 aromatic carbocycles. The second-order valence-corrected chi connectivity index (χ2v) is 5.03. The van der Waals surface area contributed by atoms with Crippen LogP contribution in [-0.2, 0) is 5.41 Å². The number of rotatable bonds is 3. The molecule has 82 valence electrons. The van der Waals surface area contributed by atoms with Gasteiger partial charge in [-0.25, -0.2) is 0 Å². The van der Waals surface area contributed by atoms with Crippen molar-refractivity contribution in [1.29, 1.82) is 0 Å². The van der Waals surface area contributed by atoms with Crippen LogP contribution in [0.4, 0.5) is 0 Å². The first kappa shape index (κ1) is 10.7. The molecule has 2 rings (SSSR count). The van der Waals surface area contributed by atoms with Crippen LogP contribution in [-0.4, -0.2) is 6.04 Å². The molecule has 1 saturated carbocycles. The lowest BCUT2D eigenvalue weighted by atomic mass is 9.74. The SMILES string of the molecule is C[C@@H](N)CC1(c2ccccc2)CCCC1. The van der Waals surface area contributed by atoms with Crippen LogP contribution in [0.2, 0.25) is 0 Å². The van der Waals surface area contributed by atoms with Gasteiger partial charge in [0.15, 0.2) is 0 Å². The second kappa shape index (κ2) is 4.36. The van der Waals surface area contributed by atoms with Gasteiger partial charge >= 0.3 is 0 Å². The fourth-order valence-corrected chi connectivity index (χ4v) is 3.07. The largest absolute Gasteiger partial charge is 0.328 e. The molecule has 0 aliphatic heterocycles. The van der Waals surface area contributed by atoms with E-state index in [4.69, 9.17) is 5.73 Å². The number of nitrogens with two attached hydrogens (primary N) is 1. The first-order chi connectivity index (χ1) is 7.23. The Kier molecular flexibility index (Phi) is 3.11. The van der Waals surface area contributed by atoms with Crippen molar-refractivity contribution in [2.45, 2.75) is 50.5 Å². The molecule has 0 amide bonds. The minimum absolute atomic E-state index is 0.309. The Labute approximate surface area is 92.7 Å². The van der Waals surface area contributed by atoms with Crippen LogP contribution in [0, 0.1) is 0 Å². The van der Waals surface area contributed by atoms with Crippen LogP contribution in [0.3, 0.4) is 0 Å². The van der Waals surface area contributed by atoms with Crippen molar-refractivity contribution in [3.05, 3.63) is 35.9 Å². The summed E-state index contributed by atoms with van der Waals surface area (Å²) in [6.07, 6.45) is 6.50. The highest BCUT2D eigenvalue weighted by Crippen LogP contribution is 2.44. The molecule has 0 saturated heterocycles. The predicted octanol–water partition coefficient (Wildman–Crippen LogP) is 3.24. The van der Waals surface area contributed by atoms with E-state index in [1.54, 1.807) is 0 Å². The lowest BCUT2D eigenvalue weighted by Gasteiger charge is -2.31. The topological polar surface area (TPSA) is 26.0 Å². The molecule has 0 heterocycles. The maximum atomic E-state index is 5.99. The van der Waals surface area contributed by atoms with Crippen molar-refractivity contribution in [3.8, 4) is 0 Å². The Hall–Kier alpha value is -0.820. The molecular formula is C14H21N. The smallest absolute Gasteiger partial charge is 0.00189 e. The average Bonchev–Trinajstić information content (AvgIpc) is 2.68. The van der Waals surface area contributed by atoms with Crippen LogP contribution in [0.1, 0.15) is 44.6 Å². The van der Waals surface area contributed by atoms with E-state index in [9.17, 15) is 0 Å². The quantitative estimate of drug-likeness (QED) is 0.802. The first-order valence-corrected chi connectivity index (χ1v) is 6.04. The Morgan fingerprint density at radius 1 is 1.20 bits per heavy atom. The molecule has 1 atom stereocenters. The van der Waals surface area contributed by atoms with E-state index >= 15 is 0 Å². The van der Waals surface area contributed by atoms with E-state index in [2.05, 4.69) is 37.3 Å². The monoisotopic (exact) mass is 203 g/mol. The van der Waals surface area contributed by atoms with Crippen molar-refractivity contribution in [1.82, 2.24) is 0 Å². The molecule has 1 fully saturated rings. The molecular weight excluding hydrogens is 182 g/mol. The summed E-state index contributed by atoms with van der Waals surface area (Å²) in [5.41, 5.74) is 7.88. The third kappa shape index (κ3) is 2.23. The summed E-state index contributed by atoms with van der Waals surface area (Å²) in [5.74, 6) is 0. The third-order valence-electron chi connectivity index (χ3n) is 3.66. The van der Waals surface area contributed by atoms with Crippen molar-refractivity contribution < 1.29 is 0 Å². The van der Waals surface area contributed by atoms with Gasteiger partial charge in [0.25, 0.3) is 0 Å². The number of hydrogen-bond donors (Lipinski definition) is 1. The molecule has 15 heavy (non-hydrogen) atoms. The highest BCUT2D eigenvalue weighted by molar-refractivity contribution is 5.26. The van der Waals surface area contributed by atoms with Crippen molar-refractivity contribution in [2.24, 2.45) is 5.73 Å². The standard InChI is InChI=1S/C14H21N/c1-12(15)11-14(9-5-6-10-14)13-7-3-2-4-8-13/h2-4,7-8,12H,5-6,9-11,15H2,1H3/t12-/m1/s1. The molecule has 0 unspecified atom stereocenters. The highest BCUT2D eigenvalue weighted by atomic mass is 14.6. The molecule has 1 aliphatic carbocycles. The van der Waals surface area contributed by atoms with Gasteiger partial charge in [-0.05, 0) is 37.2 Å². The van der Waals surface area contributed by atoms with E-state index < -0.39 is 0 Å². The number of hydrogen-bond acceptors (Lipinski definition) is 1. The molecule has 1 nitrogen and oxygen atoms in total. The normalized spacial score (nSPS) is 21.5. The minimum atomic E-state index is 0.309. The van der Waals surface area contributed by atoms with E-state index in [0.29, 0.717) is 11.5 Å².